The molecule has 0 aliphatic heterocycles. The van der Waals surface area contributed by atoms with Crippen LogP contribution in [-0.2, 0) is 10.0 Å². The van der Waals surface area contributed by atoms with Gasteiger partial charge in [0, 0.05) is 80.1 Å². The van der Waals surface area contributed by atoms with Gasteiger partial charge in [0.25, 0.3) is 0 Å². The van der Waals surface area contributed by atoms with E-state index in [1.807, 2.05) is 73.6 Å². The van der Waals surface area contributed by atoms with Crippen molar-refractivity contribution in [3.63, 3.8) is 0 Å². The Kier molecular flexibility index (Phi) is 38.7. The molecule has 0 fully saturated rings. The number of carbonyl (C=O) groups excluding carboxylic acids is 1. The van der Waals surface area contributed by atoms with Crippen LogP contribution in [-0.4, -0.2) is 96.3 Å². The summed E-state index contributed by atoms with van der Waals surface area (Å²) in [6, 6.07) is 13.9. The Morgan fingerprint density at radius 3 is 1.40 bits per heavy atom. The number of amides is 1. The van der Waals surface area contributed by atoms with Crippen LogP contribution in [0.3, 0.4) is 0 Å². The minimum atomic E-state index is -3.64. The third-order valence-electron chi connectivity index (χ3n) is 10.2. The first-order valence-electron chi connectivity index (χ1n) is 26.0. The summed E-state index contributed by atoms with van der Waals surface area (Å²) in [5.41, 5.74) is 20.8. The number of pyridine rings is 6. The minimum absolute atomic E-state index is 0.0666. The summed E-state index contributed by atoms with van der Waals surface area (Å²) in [6.07, 6.45) is 24.4. The summed E-state index contributed by atoms with van der Waals surface area (Å²) in [6.45, 7) is 32.1. The highest BCUT2D eigenvalue weighted by molar-refractivity contribution is 7.89. The molecule has 27 heteroatoms. The highest BCUT2D eigenvalue weighted by atomic mass is 35.5. The van der Waals surface area contributed by atoms with Crippen molar-refractivity contribution < 1.29 is 33.0 Å². The number of anilines is 1. The van der Waals surface area contributed by atoms with Gasteiger partial charge >= 0.3 is 11.9 Å². The molecule has 0 aromatic carbocycles. The summed E-state index contributed by atoms with van der Waals surface area (Å²) < 4.78 is 21.3. The zero-order chi connectivity index (χ0) is 66.9. The summed E-state index contributed by atoms with van der Waals surface area (Å²) in [7, 11) is -3.64. The molecule has 0 aliphatic carbocycles. The molecule has 23 nitrogen and oxygen atoms in total. The molecule has 0 saturated heterocycles. The third kappa shape index (κ3) is 38.5. The molecular weight excluding hydrogens is 1210 g/mol. The predicted molar refractivity (Wildman–Crippen MR) is 344 cm³/mol. The smallest absolute Gasteiger partial charge is 0.337 e. The lowest BCUT2D eigenvalue weighted by atomic mass is 10.2. The third-order valence-corrected chi connectivity index (χ3v) is 11.7. The lowest BCUT2D eigenvalue weighted by Crippen LogP contribution is -2.12. The molecule has 9 aromatic rings. The van der Waals surface area contributed by atoms with Crippen LogP contribution in [0.25, 0.3) is 4.85 Å². The first-order valence-corrected chi connectivity index (χ1v) is 28.7. The number of nitrogens with two attached hydrogens (primary N) is 3. The maximum Gasteiger partial charge on any atom is 0.337 e. The fourth-order valence-electron chi connectivity index (χ4n) is 4.88. The van der Waals surface area contributed by atoms with Crippen molar-refractivity contribution in [2.45, 2.75) is 101 Å². The van der Waals surface area contributed by atoms with Crippen molar-refractivity contribution in [2.75, 3.05) is 5.73 Å². The monoisotopic (exact) mass is 1280 g/mol. The zero-order valence-corrected chi connectivity index (χ0v) is 54.2. The molecule has 0 spiro atoms. The van der Waals surface area contributed by atoms with Crippen LogP contribution < -0.4 is 16.6 Å². The van der Waals surface area contributed by atoms with E-state index in [0.29, 0.717) is 38.5 Å². The molecule has 0 saturated carbocycles. The molecule has 9 aromatic heterocycles. The average molecular weight is 1280 g/mol. The van der Waals surface area contributed by atoms with Crippen LogP contribution >= 0.6 is 34.8 Å². The molecular formula is C61H73Cl3N16O7S. The minimum Gasteiger partial charge on any atom is -0.478 e. The van der Waals surface area contributed by atoms with E-state index in [0.717, 1.165) is 45.1 Å². The fraction of sp³-hybridized carbons (Fsp3) is 0.246. The Hall–Kier alpha value is -9.38. The second-order valence-electron chi connectivity index (χ2n) is 18.6. The van der Waals surface area contributed by atoms with Crippen molar-refractivity contribution >= 4 is 74.3 Å². The molecule has 9 rings (SSSR count). The van der Waals surface area contributed by atoms with Crippen LogP contribution in [0.5, 0.6) is 0 Å². The number of nitrogen functional groups attached to an aromatic ring is 1. The topological polar surface area (TPSA) is 363 Å². The summed E-state index contributed by atoms with van der Waals surface area (Å²) in [5.74, 6) is -0.581. The SMILES string of the molecule is CCC(C)C.Cc1ccc(C(=O)O)cn1.Cc1ccc(Cl)nc1.Cc1cnc(Cl)cc1C.Cc1cnc(Cl)cn1.Cc1cnc(N)nc1.Cc1cncc(C(=O)O)c1.Cc1cncc(C(N)=O)c1.Cc1ncc(S(N)(=O)=O)cn1.[C-]#[N+]c1cnccc1C. The van der Waals surface area contributed by atoms with Crippen LogP contribution in [0.15, 0.2) is 146 Å². The van der Waals surface area contributed by atoms with Crippen molar-refractivity contribution in [3.8, 4) is 0 Å². The summed E-state index contributed by atoms with van der Waals surface area (Å²) in [4.78, 5) is 79.7. The average Bonchev–Trinajstić information content (AvgIpc) is 3.50. The Balaban J connectivity index is 0.000000960. The first kappa shape index (κ1) is 78.6. The van der Waals surface area contributed by atoms with E-state index in [9.17, 15) is 22.8 Å². The number of hydrogen-bond donors (Lipinski definition) is 5. The van der Waals surface area contributed by atoms with Crippen molar-refractivity contribution in [1.29, 1.82) is 0 Å². The van der Waals surface area contributed by atoms with Gasteiger partial charge in [0.05, 0.1) is 47.5 Å². The lowest BCUT2D eigenvalue weighted by Gasteiger charge is -1.96. The van der Waals surface area contributed by atoms with Gasteiger partial charge in [-0.15, -0.1) is 0 Å². The highest BCUT2D eigenvalue weighted by Crippen LogP contribution is 2.14. The molecule has 0 aliphatic rings. The van der Waals surface area contributed by atoms with E-state index in [-0.39, 0.29) is 16.0 Å². The van der Waals surface area contributed by atoms with Gasteiger partial charge in [0.2, 0.25) is 27.6 Å². The van der Waals surface area contributed by atoms with E-state index in [2.05, 4.69) is 85.4 Å². The van der Waals surface area contributed by atoms with Crippen molar-refractivity contribution in [2.24, 2.45) is 16.8 Å². The predicted octanol–water partition coefficient (Wildman–Crippen LogP) is 12.3. The molecule has 8 N–H and O–H groups in total. The summed E-state index contributed by atoms with van der Waals surface area (Å²) >= 11 is 16.5. The van der Waals surface area contributed by atoms with Gasteiger partial charge in [0.1, 0.15) is 26.2 Å². The molecule has 0 bridgehead atoms. The van der Waals surface area contributed by atoms with Gasteiger partial charge in [-0.25, -0.2) is 62.9 Å². The number of hydrogen-bond acceptors (Lipinski definition) is 18. The number of aryl methyl sites for hydroxylation is 10. The number of halogens is 3. The van der Waals surface area contributed by atoms with E-state index >= 15 is 0 Å². The number of aromatic carboxylic acids is 2. The van der Waals surface area contributed by atoms with Gasteiger partial charge < -0.3 is 21.7 Å². The normalized spacial score (nSPS) is 9.51. The summed E-state index contributed by atoms with van der Waals surface area (Å²) in [5, 5.41) is 23.3. The Labute approximate surface area is 529 Å². The fourth-order valence-corrected chi connectivity index (χ4v) is 5.70. The number of primary amides is 1. The number of carboxylic acids is 2. The van der Waals surface area contributed by atoms with Crippen LogP contribution in [0.4, 0.5) is 11.6 Å². The van der Waals surface area contributed by atoms with Crippen LogP contribution in [0, 0.1) is 81.7 Å². The van der Waals surface area contributed by atoms with Gasteiger partial charge in [-0.3, -0.25) is 29.7 Å². The second-order valence-corrected chi connectivity index (χ2v) is 21.3. The number of primary sulfonamides is 1. The molecule has 9 heterocycles. The van der Waals surface area contributed by atoms with E-state index < -0.39 is 27.9 Å². The molecule has 0 unspecified atom stereocenters. The largest absolute Gasteiger partial charge is 0.478 e. The number of sulfonamides is 1. The van der Waals surface area contributed by atoms with Gasteiger partial charge in [-0.05, 0) is 150 Å². The number of rotatable bonds is 5. The maximum absolute atomic E-state index is 10.6. The quantitative estimate of drug-likeness (QED) is 0.0789. The van der Waals surface area contributed by atoms with Crippen molar-refractivity contribution in [3.05, 3.63) is 241 Å². The molecule has 466 valence electrons. The Morgan fingerprint density at radius 2 is 1.05 bits per heavy atom. The number of aromatic nitrogens is 12. The van der Waals surface area contributed by atoms with E-state index in [1.54, 1.807) is 93.9 Å². The number of nitrogens with zero attached hydrogens (tertiary/aromatic N) is 13. The van der Waals surface area contributed by atoms with E-state index in [4.69, 9.17) is 68.2 Å². The van der Waals surface area contributed by atoms with E-state index in [1.165, 1.54) is 60.8 Å². The van der Waals surface area contributed by atoms with Gasteiger partial charge in [-0.2, -0.15) is 0 Å². The van der Waals surface area contributed by atoms with Crippen molar-refractivity contribution in [1.82, 2.24) is 59.8 Å². The number of carbonyl (C=O) groups is 3. The zero-order valence-electron chi connectivity index (χ0n) is 51.1. The molecule has 0 atom stereocenters. The lowest BCUT2D eigenvalue weighted by molar-refractivity contribution is 0.0685. The standard InChI is InChI=1S/C7H8ClN.C7H8N2O.C7H6N2.2C7H7NO2.C6H6ClN.C5H5ClN2.C5H7N3O2S.C5H7N3.C5H12/c1-5-3-7(8)9-4-6(5)2;1-5-2-6(7(8)10)4-9-3-5;1-6-3-4-9-5-7(6)8-2;1-5-2-6(7(9)10)4-8-3-5;1-5-2-3-6(4-8-5)7(9)10;1-5-2-3-6(7)8-4-5;1-4-2-8-5(6)3-7-4;1-4-7-2-5(3-8-4)11(6,9)10;1-4-2-7-5(6)8-3-4;1-4-5(2)3/h3-4H,1-2H3;2-4H,1H3,(H2,8,10);3-5H,1H3;2*2-4H,1H3,(H,9,10);2-4H,1H3;2-3H,1H3;2-3H,1H3,(H2,6,9,10);2-3H,1H3,(H2,6,7,8);5H,4H2,1-3H3. The molecule has 88 heavy (non-hydrogen) atoms. The number of carboxylic acid groups (broad SMARTS) is 2. The highest BCUT2D eigenvalue weighted by Gasteiger charge is 2.07. The van der Waals surface area contributed by atoms with Gasteiger partial charge in [0.15, 0.2) is 0 Å². The first-order chi connectivity index (χ1) is 41.3. The molecule has 1 amide bonds. The van der Waals surface area contributed by atoms with Crippen LogP contribution in [0.2, 0.25) is 15.5 Å². The Morgan fingerprint density at radius 1 is 0.523 bits per heavy atom. The van der Waals surface area contributed by atoms with Crippen LogP contribution in [0.1, 0.15) is 114 Å². The second kappa shape index (κ2) is 43.3. The maximum atomic E-state index is 10.6. The van der Waals surface area contributed by atoms with Gasteiger partial charge in [-0.1, -0.05) is 74.1 Å². The Bertz CT molecular complexity index is 3440. The molecule has 0 radical (unpaired) electrons.